The summed E-state index contributed by atoms with van der Waals surface area (Å²) in [5.74, 6) is 1.54. The molecule has 0 N–H and O–H groups in total. The maximum atomic E-state index is 5.75. The molecule has 0 radical (unpaired) electrons. The molecule has 0 amide bonds. The number of hydrogen-bond donors (Lipinski definition) is 0. The number of aryl methyl sites for hydroxylation is 1. The van der Waals surface area contributed by atoms with Crippen molar-refractivity contribution >= 4 is 40.0 Å². The van der Waals surface area contributed by atoms with E-state index in [9.17, 15) is 0 Å². The molecule has 0 saturated carbocycles. The zero-order valence-electron chi connectivity index (χ0n) is 10.7. The van der Waals surface area contributed by atoms with Crippen LogP contribution in [0.1, 0.15) is 31.1 Å². The predicted molar refractivity (Wildman–Crippen MR) is 77.0 cm³/mol. The van der Waals surface area contributed by atoms with E-state index >= 15 is 0 Å². The monoisotopic (exact) mass is 356 g/mol. The molecule has 1 heterocycles. The van der Waals surface area contributed by atoms with E-state index in [1.54, 1.807) is 0 Å². The van der Waals surface area contributed by atoms with E-state index in [0.29, 0.717) is 5.92 Å². The second-order valence-corrected chi connectivity index (χ2v) is 18.1. The Morgan fingerprint density at radius 1 is 1.11 bits per heavy atom. The SMILES string of the molecule is Cc1[o+]c2ccccc2cc1C(C)C.[Cl][Zn-]([Cl])[Cl]. The van der Waals surface area contributed by atoms with Crippen LogP contribution in [0, 0.1) is 6.92 Å². The molecule has 2 aromatic rings. The van der Waals surface area contributed by atoms with Crippen molar-refractivity contribution in [3.8, 4) is 0 Å². The Morgan fingerprint density at radius 2 is 1.67 bits per heavy atom. The first-order valence-electron chi connectivity index (χ1n) is 5.81. The van der Waals surface area contributed by atoms with Crippen LogP contribution in [0.4, 0.5) is 0 Å². The molecule has 0 unspecified atom stereocenters. The Labute approximate surface area is 125 Å². The minimum absolute atomic E-state index is 0.517. The number of rotatable bonds is 1. The molecule has 0 aliphatic carbocycles. The molecule has 0 aliphatic rings. The van der Waals surface area contributed by atoms with Crippen molar-refractivity contribution in [2.75, 3.05) is 0 Å². The summed E-state index contributed by atoms with van der Waals surface area (Å²) in [6.45, 7) is 6.40. The average molecular weight is 359 g/mol. The zero-order valence-corrected chi connectivity index (χ0v) is 15.9. The van der Waals surface area contributed by atoms with Gasteiger partial charge in [0.05, 0.1) is 17.9 Å². The number of para-hydroxylation sites is 1. The molecule has 0 saturated heterocycles. The molecular weight excluding hydrogens is 344 g/mol. The third-order valence-electron chi connectivity index (χ3n) is 2.52. The van der Waals surface area contributed by atoms with E-state index in [-0.39, 0.29) is 0 Å². The van der Waals surface area contributed by atoms with Crippen LogP contribution in [0.15, 0.2) is 34.7 Å². The Bertz CT molecular complexity index is 512. The van der Waals surface area contributed by atoms with E-state index in [1.807, 2.05) is 25.1 Å². The normalized spacial score (nSPS) is 10.2. The van der Waals surface area contributed by atoms with E-state index in [4.69, 9.17) is 33.5 Å². The Balaban J connectivity index is 0.000000357. The van der Waals surface area contributed by atoms with Crippen LogP contribution in [0.2, 0.25) is 0 Å². The summed E-state index contributed by atoms with van der Waals surface area (Å²) >= 11 is -2.21. The number of hydrogen-bond acceptors (Lipinski definition) is 0. The number of benzene rings is 1. The molecule has 2 rings (SSSR count). The molecule has 1 nitrogen and oxygen atoms in total. The van der Waals surface area contributed by atoms with E-state index in [1.165, 1.54) is 10.9 Å². The maximum absolute atomic E-state index is 5.75. The second kappa shape index (κ2) is 7.65. The first-order valence-corrected chi connectivity index (χ1v) is 17.5. The van der Waals surface area contributed by atoms with E-state index in [0.717, 1.165) is 11.3 Å². The van der Waals surface area contributed by atoms with Crippen LogP contribution in [0.3, 0.4) is 0 Å². The van der Waals surface area contributed by atoms with Crippen LogP contribution < -0.4 is 0 Å². The van der Waals surface area contributed by atoms with Crippen molar-refractivity contribution in [1.29, 1.82) is 0 Å². The van der Waals surface area contributed by atoms with Gasteiger partial charge >= 0.3 is 53.4 Å². The first kappa shape index (κ1) is 16.2. The molecule has 5 heteroatoms. The molecular formula is C13H15Cl3OZn. The fourth-order valence-electron chi connectivity index (χ4n) is 1.76. The van der Waals surface area contributed by atoms with Gasteiger partial charge in [0.25, 0.3) is 0 Å². The summed E-state index contributed by atoms with van der Waals surface area (Å²) in [6.07, 6.45) is 0. The predicted octanol–water partition coefficient (Wildman–Crippen LogP) is 6.21. The fourth-order valence-corrected chi connectivity index (χ4v) is 1.76. The van der Waals surface area contributed by atoms with Crippen LogP contribution in [0.25, 0.3) is 11.0 Å². The summed E-state index contributed by atoms with van der Waals surface area (Å²) in [6, 6.07) is 10.4. The third-order valence-corrected chi connectivity index (χ3v) is 2.52. The quantitative estimate of drug-likeness (QED) is 0.435. The van der Waals surface area contributed by atoms with E-state index < -0.39 is 13.0 Å². The van der Waals surface area contributed by atoms with Gasteiger partial charge in [0.15, 0.2) is 0 Å². The Morgan fingerprint density at radius 3 is 2.22 bits per heavy atom. The van der Waals surface area contributed by atoms with Crippen molar-refractivity contribution < 1.29 is 17.4 Å². The van der Waals surface area contributed by atoms with Gasteiger partial charge in [0.2, 0.25) is 0 Å². The summed E-state index contributed by atoms with van der Waals surface area (Å²) < 4.78 is 5.75. The molecule has 0 atom stereocenters. The summed E-state index contributed by atoms with van der Waals surface area (Å²) in [4.78, 5) is 0. The van der Waals surface area contributed by atoms with Gasteiger partial charge in [-0.25, -0.2) is 4.42 Å². The molecule has 0 fully saturated rings. The number of halogens is 3. The van der Waals surface area contributed by atoms with Crippen molar-refractivity contribution in [3.05, 3.63) is 41.7 Å². The topological polar surface area (TPSA) is 11.3 Å². The molecule has 1 aromatic carbocycles. The van der Waals surface area contributed by atoms with Crippen molar-refractivity contribution in [1.82, 2.24) is 0 Å². The molecule has 1 aromatic heterocycles. The zero-order chi connectivity index (χ0) is 13.7. The van der Waals surface area contributed by atoms with Gasteiger partial charge in [-0.3, -0.25) is 0 Å². The van der Waals surface area contributed by atoms with Crippen LogP contribution in [-0.4, -0.2) is 0 Å². The number of fused-ring (bicyclic) bond motifs is 1. The van der Waals surface area contributed by atoms with Crippen molar-refractivity contribution in [2.24, 2.45) is 0 Å². The molecule has 0 aliphatic heterocycles. The average Bonchev–Trinajstić information content (AvgIpc) is 2.27. The molecule has 0 spiro atoms. The fraction of sp³-hybridized carbons (Fsp3) is 0.308. The molecule has 0 bridgehead atoms. The second-order valence-electron chi connectivity index (χ2n) is 4.25. The van der Waals surface area contributed by atoms with Gasteiger partial charge in [-0.1, -0.05) is 26.0 Å². The van der Waals surface area contributed by atoms with Gasteiger partial charge in [0.1, 0.15) is 0 Å². The van der Waals surface area contributed by atoms with Gasteiger partial charge in [-0.2, -0.15) is 0 Å². The molecule has 18 heavy (non-hydrogen) atoms. The van der Waals surface area contributed by atoms with Gasteiger partial charge < -0.3 is 0 Å². The Hall–Kier alpha value is 0.123. The van der Waals surface area contributed by atoms with Crippen LogP contribution in [0.5, 0.6) is 0 Å². The van der Waals surface area contributed by atoms with Gasteiger partial charge in [-0.05, 0) is 18.1 Å². The third kappa shape index (κ3) is 5.01. The van der Waals surface area contributed by atoms with Crippen LogP contribution >= 0.6 is 29.1 Å². The van der Waals surface area contributed by atoms with Crippen molar-refractivity contribution in [3.63, 3.8) is 0 Å². The summed E-state index contributed by atoms with van der Waals surface area (Å²) in [7, 11) is 15.0. The standard InChI is InChI=1S/C13H15O.3ClH.Zn/c1-9(2)12-8-11-6-4-5-7-13(11)14-10(12)3;;;;/h4-9H,1-3H3;3*1H;/q+1;;;;+2/p-3. The minimum atomic E-state index is -2.21. The summed E-state index contributed by atoms with van der Waals surface area (Å²) in [5, 5.41) is 1.18. The first-order chi connectivity index (χ1) is 8.41. The van der Waals surface area contributed by atoms with Gasteiger partial charge in [-0.15, -0.1) is 0 Å². The summed E-state index contributed by atoms with van der Waals surface area (Å²) in [5.41, 5.74) is 2.26. The Kier molecular flexibility index (Phi) is 6.88. The van der Waals surface area contributed by atoms with E-state index in [2.05, 4.69) is 26.0 Å². The van der Waals surface area contributed by atoms with Gasteiger partial charge in [0, 0.05) is 6.07 Å². The van der Waals surface area contributed by atoms with Crippen molar-refractivity contribution in [2.45, 2.75) is 26.7 Å². The van der Waals surface area contributed by atoms with Crippen LogP contribution in [-0.2, 0) is 13.0 Å². The molecule has 96 valence electrons.